The van der Waals surface area contributed by atoms with Crippen molar-refractivity contribution in [2.24, 2.45) is 4.99 Å². The Morgan fingerprint density at radius 2 is 1.94 bits per heavy atom. The first-order chi connectivity index (χ1) is 16.2. The third-order valence-corrected chi connectivity index (χ3v) is 5.86. The highest BCUT2D eigenvalue weighted by molar-refractivity contribution is 5.80. The molecule has 2 aromatic heterocycles. The van der Waals surface area contributed by atoms with Crippen molar-refractivity contribution in [2.45, 2.75) is 38.8 Å². The molecule has 0 atom stereocenters. The third kappa shape index (κ3) is 6.75. The minimum absolute atomic E-state index is 0.372. The van der Waals surface area contributed by atoms with E-state index >= 15 is 0 Å². The molecule has 0 bridgehead atoms. The van der Waals surface area contributed by atoms with E-state index in [1.165, 1.54) is 0 Å². The fraction of sp³-hybridized carbons (Fsp3) is 0.385. The van der Waals surface area contributed by atoms with Crippen LogP contribution in [-0.2, 0) is 13.0 Å². The van der Waals surface area contributed by atoms with E-state index in [-0.39, 0.29) is 0 Å². The molecule has 0 saturated carbocycles. The molecular weight excluding hydrogens is 414 g/mol. The largest absolute Gasteiger partial charge is 0.497 e. The number of aryl methyl sites for hydroxylation is 1. The lowest BCUT2D eigenvalue weighted by Crippen LogP contribution is -2.49. The average molecular weight is 448 g/mol. The van der Waals surface area contributed by atoms with E-state index in [0.717, 1.165) is 73.4 Å². The van der Waals surface area contributed by atoms with Gasteiger partial charge in [0.25, 0.3) is 0 Å². The zero-order valence-corrected chi connectivity index (χ0v) is 19.5. The summed E-state index contributed by atoms with van der Waals surface area (Å²) < 4.78 is 10.7. The van der Waals surface area contributed by atoms with E-state index in [4.69, 9.17) is 14.1 Å². The number of aromatic nitrogens is 1. The van der Waals surface area contributed by atoms with Gasteiger partial charge in [-0.2, -0.15) is 0 Å². The smallest absolute Gasteiger partial charge is 0.191 e. The zero-order valence-electron chi connectivity index (χ0n) is 19.5. The predicted molar refractivity (Wildman–Crippen MR) is 132 cm³/mol. The molecule has 1 aromatic carbocycles. The van der Waals surface area contributed by atoms with E-state index in [0.29, 0.717) is 12.6 Å². The van der Waals surface area contributed by atoms with Gasteiger partial charge in [0.15, 0.2) is 5.96 Å². The van der Waals surface area contributed by atoms with E-state index in [2.05, 4.69) is 44.8 Å². The van der Waals surface area contributed by atoms with Crippen LogP contribution in [0.5, 0.6) is 5.75 Å². The van der Waals surface area contributed by atoms with Crippen molar-refractivity contribution in [2.75, 3.05) is 31.6 Å². The highest BCUT2D eigenvalue weighted by Crippen LogP contribution is 2.18. The number of nitrogens with one attached hydrogen (secondary N) is 2. The van der Waals surface area contributed by atoms with E-state index in [9.17, 15) is 0 Å². The number of furan rings is 1. The Morgan fingerprint density at radius 1 is 1.12 bits per heavy atom. The van der Waals surface area contributed by atoms with Gasteiger partial charge in [0.2, 0.25) is 0 Å². The number of hydrogen-bond acceptors (Lipinski definition) is 5. The van der Waals surface area contributed by atoms with Crippen LogP contribution in [0.15, 0.2) is 70.3 Å². The molecule has 7 heteroatoms. The van der Waals surface area contributed by atoms with Gasteiger partial charge in [-0.3, -0.25) is 0 Å². The highest BCUT2D eigenvalue weighted by atomic mass is 16.5. The number of methoxy groups -OCH3 is 1. The number of nitrogens with zero attached hydrogens (tertiary/aromatic N) is 3. The molecule has 1 fully saturated rings. The van der Waals surface area contributed by atoms with Crippen LogP contribution in [-0.4, -0.2) is 43.7 Å². The van der Waals surface area contributed by atoms with Gasteiger partial charge in [-0.05, 0) is 61.7 Å². The quantitative estimate of drug-likeness (QED) is 0.403. The maximum absolute atomic E-state index is 5.46. The Hall–Kier alpha value is -3.48. The van der Waals surface area contributed by atoms with Crippen molar-refractivity contribution >= 4 is 11.8 Å². The molecule has 3 aromatic rings. The minimum Gasteiger partial charge on any atom is -0.497 e. The van der Waals surface area contributed by atoms with Gasteiger partial charge in [-0.15, -0.1) is 0 Å². The van der Waals surface area contributed by atoms with E-state index < -0.39 is 0 Å². The summed E-state index contributed by atoms with van der Waals surface area (Å²) in [7, 11) is 1.68. The van der Waals surface area contributed by atoms with Gasteiger partial charge >= 0.3 is 0 Å². The molecule has 1 aliphatic heterocycles. The first-order valence-electron chi connectivity index (χ1n) is 11.6. The number of aliphatic imine (C=N–C) groups is 1. The second-order valence-corrected chi connectivity index (χ2v) is 8.31. The van der Waals surface area contributed by atoms with Crippen LogP contribution in [0.4, 0.5) is 5.82 Å². The van der Waals surface area contributed by atoms with Crippen molar-refractivity contribution in [3.8, 4) is 5.75 Å². The summed E-state index contributed by atoms with van der Waals surface area (Å²) in [6.45, 7) is 5.36. The SMILES string of the molecule is COc1ccc(CN=C(NCCc2ccco2)NC2CCN(c3cccc(C)n3)CC2)cc1. The standard InChI is InChI=1S/C26H33N5O2/c1-20-5-3-7-25(29-20)31-16-13-22(14-17-31)30-26(27-15-12-24-6-4-18-33-24)28-19-21-8-10-23(32-2)11-9-21/h3-11,18,22H,12-17,19H2,1-2H3,(H2,27,28,30). The van der Waals surface area contributed by atoms with Crippen molar-refractivity contribution in [1.82, 2.24) is 15.6 Å². The Bertz CT molecular complexity index is 1010. The number of piperidine rings is 1. The Morgan fingerprint density at radius 3 is 2.64 bits per heavy atom. The van der Waals surface area contributed by atoms with Crippen LogP contribution in [0.25, 0.3) is 0 Å². The first kappa shape index (κ1) is 22.7. The molecule has 7 nitrogen and oxygen atoms in total. The molecular formula is C26H33N5O2. The van der Waals surface area contributed by atoms with Gasteiger partial charge in [0.1, 0.15) is 17.3 Å². The van der Waals surface area contributed by atoms with Gasteiger partial charge in [0, 0.05) is 37.8 Å². The minimum atomic E-state index is 0.372. The lowest BCUT2D eigenvalue weighted by atomic mass is 10.1. The molecule has 0 radical (unpaired) electrons. The van der Waals surface area contributed by atoms with Gasteiger partial charge < -0.3 is 24.7 Å². The summed E-state index contributed by atoms with van der Waals surface area (Å²) in [6, 6.07) is 18.5. The van der Waals surface area contributed by atoms with Crippen molar-refractivity contribution in [3.05, 3.63) is 77.9 Å². The fourth-order valence-corrected chi connectivity index (χ4v) is 3.96. The number of ether oxygens (including phenoxy) is 1. The summed E-state index contributed by atoms with van der Waals surface area (Å²) in [4.78, 5) is 11.9. The normalized spacial score (nSPS) is 14.8. The predicted octanol–water partition coefficient (Wildman–Crippen LogP) is 3.94. The molecule has 33 heavy (non-hydrogen) atoms. The molecule has 0 aliphatic carbocycles. The van der Waals surface area contributed by atoms with Crippen LogP contribution in [0, 0.1) is 6.92 Å². The van der Waals surface area contributed by atoms with E-state index in [1.54, 1.807) is 13.4 Å². The summed E-state index contributed by atoms with van der Waals surface area (Å²) >= 11 is 0. The number of benzene rings is 1. The van der Waals surface area contributed by atoms with E-state index in [1.807, 2.05) is 37.3 Å². The Balaban J connectivity index is 1.34. The molecule has 1 saturated heterocycles. The number of guanidine groups is 1. The number of rotatable bonds is 8. The third-order valence-electron chi connectivity index (χ3n) is 5.86. The second kappa shape index (κ2) is 11.4. The van der Waals surface area contributed by atoms with Crippen molar-refractivity contribution in [3.63, 3.8) is 0 Å². The lowest BCUT2D eigenvalue weighted by molar-refractivity contribution is 0.414. The number of anilines is 1. The first-order valence-corrected chi connectivity index (χ1v) is 11.6. The topological polar surface area (TPSA) is 74.9 Å². The van der Waals surface area contributed by atoms with Crippen LogP contribution in [0.3, 0.4) is 0 Å². The molecule has 4 rings (SSSR count). The highest BCUT2D eigenvalue weighted by Gasteiger charge is 2.21. The zero-order chi connectivity index (χ0) is 22.9. The van der Waals surface area contributed by atoms with Crippen LogP contribution < -0.4 is 20.3 Å². The molecule has 0 unspecified atom stereocenters. The van der Waals surface area contributed by atoms with Crippen LogP contribution in [0.2, 0.25) is 0 Å². The molecule has 3 heterocycles. The average Bonchev–Trinajstić information content (AvgIpc) is 3.37. The molecule has 0 amide bonds. The Labute approximate surface area is 195 Å². The summed E-state index contributed by atoms with van der Waals surface area (Å²) in [5.41, 5.74) is 2.20. The number of hydrogen-bond donors (Lipinski definition) is 2. The maximum Gasteiger partial charge on any atom is 0.191 e. The molecule has 174 valence electrons. The van der Waals surface area contributed by atoms with Gasteiger partial charge in [-0.25, -0.2) is 9.98 Å². The van der Waals surface area contributed by atoms with Crippen molar-refractivity contribution < 1.29 is 9.15 Å². The maximum atomic E-state index is 5.46. The monoisotopic (exact) mass is 447 g/mol. The van der Waals surface area contributed by atoms with Crippen LogP contribution in [0.1, 0.15) is 29.9 Å². The molecule has 2 N–H and O–H groups in total. The fourth-order valence-electron chi connectivity index (χ4n) is 3.96. The Kier molecular flexibility index (Phi) is 7.85. The summed E-state index contributed by atoms with van der Waals surface area (Å²) in [5.74, 6) is 3.73. The van der Waals surface area contributed by atoms with Crippen LogP contribution >= 0.6 is 0 Å². The number of pyridine rings is 1. The van der Waals surface area contributed by atoms with Gasteiger partial charge in [-0.1, -0.05) is 18.2 Å². The van der Waals surface area contributed by atoms with Crippen molar-refractivity contribution in [1.29, 1.82) is 0 Å². The second-order valence-electron chi connectivity index (χ2n) is 8.31. The molecule has 1 aliphatic rings. The lowest BCUT2D eigenvalue weighted by Gasteiger charge is -2.34. The van der Waals surface area contributed by atoms with Gasteiger partial charge in [0.05, 0.1) is 19.9 Å². The summed E-state index contributed by atoms with van der Waals surface area (Å²) in [6.07, 6.45) is 4.60. The summed E-state index contributed by atoms with van der Waals surface area (Å²) in [5, 5.41) is 7.13. The molecule has 0 spiro atoms.